The number of nitrogens with one attached hydrogen (secondary N) is 1. The largest absolute Gasteiger partial charge is 0.306 e. The molecule has 0 unspecified atom stereocenters. The molecule has 0 atom stereocenters. The van der Waals surface area contributed by atoms with Crippen LogP contribution in [0.2, 0.25) is 5.02 Å². The Morgan fingerprint density at radius 1 is 1.24 bits per heavy atom. The van der Waals surface area contributed by atoms with Gasteiger partial charge < -0.3 is 5.32 Å². The number of halogens is 1. The molecule has 7 heteroatoms. The Kier molecular flexibility index (Phi) is 3.69. The van der Waals surface area contributed by atoms with Crippen LogP contribution in [-0.4, -0.2) is 24.1 Å². The molecular formula is C14H16ClN5S. The molecule has 0 bridgehead atoms. The molecule has 5 nitrogen and oxygen atoms in total. The van der Waals surface area contributed by atoms with Gasteiger partial charge in [0.25, 0.3) is 0 Å². The predicted octanol–water partition coefficient (Wildman–Crippen LogP) is 3.42. The third-order valence-electron chi connectivity index (χ3n) is 3.03. The van der Waals surface area contributed by atoms with Crippen molar-refractivity contribution in [3.8, 4) is 5.69 Å². The molecule has 0 aliphatic rings. The van der Waals surface area contributed by atoms with Gasteiger partial charge in [-0.05, 0) is 39.0 Å². The van der Waals surface area contributed by atoms with Crippen LogP contribution in [0.1, 0.15) is 26.5 Å². The first-order valence-electron chi connectivity index (χ1n) is 6.65. The number of rotatable bonds is 3. The van der Waals surface area contributed by atoms with Gasteiger partial charge in [0.2, 0.25) is 0 Å². The van der Waals surface area contributed by atoms with Gasteiger partial charge in [0, 0.05) is 18.3 Å². The Bertz CT molecular complexity index is 771. The second-order valence-corrected chi connectivity index (χ2v) is 6.82. The van der Waals surface area contributed by atoms with Gasteiger partial charge in [-0.2, -0.15) is 13.8 Å². The van der Waals surface area contributed by atoms with E-state index in [1.165, 1.54) is 11.7 Å². The van der Waals surface area contributed by atoms with Gasteiger partial charge in [-0.1, -0.05) is 11.6 Å². The van der Waals surface area contributed by atoms with Gasteiger partial charge in [-0.25, -0.2) is 4.68 Å². The van der Waals surface area contributed by atoms with E-state index in [1.54, 1.807) is 4.68 Å². The zero-order valence-corrected chi connectivity index (χ0v) is 13.7. The van der Waals surface area contributed by atoms with Crippen LogP contribution in [0, 0.1) is 0 Å². The molecule has 0 aliphatic heterocycles. The highest BCUT2D eigenvalue weighted by atomic mass is 35.5. The summed E-state index contributed by atoms with van der Waals surface area (Å²) < 4.78 is 10.3. The maximum Gasteiger partial charge on any atom is 0.131 e. The lowest BCUT2D eigenvalue weighted by Crippen LogP contribution is -2.35. The van der Waals surface area contributed by atoms with Crippen molar-refractivity contribution in [2.45, 2.75) is 32.9 Å². The summed E-state index contributed by atoms with van der Waals surface area (Å²) >= 11 is 7.49. The van der Waals surface area contributed by atoms with Gasteiger partial charge in [-0.3, -0.25) is 0 Å². The zero-order chi connectivity index (χ0) is 15.0. The third kappa shape index (κ3) is 3.07. The van der Waals surface area contributed by atoms with Crippen molar-refractivity contribution in [1.29, 1.82) is 0 Å². The second kappa shape index (κ2) is 5.36. The summed E-state index contributed by atoms with van der Waals surface area (Å²) in [6.07, 6.45) is 1.90. The van der Waals surface area contributed by atoms with Crippen LogP contribution >= 0.6 is 23.3 Å². The van der Waals surface area contributed by atoms with Gasteiger partial charge in [0.1, 0.15) is 16.7 Å². The van der Waals surface area contributed by atoms with Crippen molar-refractivity contribution in [1.82, 2.24) is 23.8 Å². The number of aromatic nitrogens is 4. The van der Waals surface area contributed by atoms with Crippen molar-refractivity contribution >= 4 is 34.4 Å². The molecule has 0 amide bonds. The highest BCUT2D eigenvalue weighted by Crippen LogP contribution is 2.28. The third-order valence-corrected chi connectivity index (χ3v) is 3.87. The molecule has 0 saturated heterocycles. The van der Waals surface area contributed by atoms with E-state index in [0.29, 0.717) is 11.6 Å². The van der Waals surface area contributed by atoms with Crippen LogP contribution in [0.4, 0.5) is 0 Å². The minimum Gasteiger partial charge on any atom is -0.306 e. The van der Waals surface area contributed by atoms with E-state index in [4.69, 9.17) is 11.6 Å². The van der Waals surface area contributed by atoms with E-state index >= 15 is 0 Å². The smallest absolute Gasteiger partial charge is 0.131 e. The van der Waals surface area contributed by atoms with Crippen LogP contribution in [-0.2, 0) is 6.54 Å². The second-order valence-electron chi connectivity index (χ2n) is 5.88. The lowest BCUT2D eigenvalue weighted by atomic mass is 10.1. The minimum atomic E-state index is 0.0558. The lowest BCUT2D eigenvalue weighted by Gasteiger charge is -2.19. The number of nitrogens with zero attached hydrogens (tertiary/aromatic N) is 4. The summed E-state index contributed by atoms with van der Waals surface area (Å²) in [6, 6.07) is 5.68. The Morgan fingerprint density at radius 2 is 2.05 bits per heavy atom. The van der Waals surface area contributed by atoms with Crippen molar-refractivity contribution in [3.05, 3.63) is 35.1 Å². The molecule has 0 fully saturated rings. The quantitative estimate of drug-likeness (QED) is 0.803. The maximum atomic E-state index is 6.31. The van der Waals surface area contributed by atoms with E-state index in [0.717, 1.165) is 22.4 Å². The predicted molar refractivity (Wildman–Crippen MR) is 86.1 cm³/mol. The Balaban J connectivity index is 1.95. The minimum absolute atomic E-state index is 0.0558. The average molecular weight is 322 g/mol. The van der Waals surface area contributed by atoms with Crippen LogP contribution in [0.3, 0.4) is 0 Å². The van der Waals surface area contributed by atoms with Gasteiger partial charge in [0.05, 0.1) is 22.4 Å². The normalized spacial score (nSPS) is 12.2. The molecule has 0 radical (unpaired) electrons. The summed E-state index contributed by atoms with van der Waals surface area (Å²) in [5, 5.41) is 8.61. The molecular weight excluding hydrogens is 306 g/mol. The molecule has 0 spiro atoms. The van der Waals surface area contributed by atoms with Crippen LogP contribution in [0.25, 0.3) is 16.7 Å². The molecule has 2 aromatic heterocycles. The van der Waals surface area contributed by atoms with Crippen LogP contribution in [0.15, 0.2) is 24.4 Å². The Labute approximate surface area is 132 Å². The van der Waals surface area contributed by atoms with E-state index in [2.05, 4.69) is 39.9 Å². The van der Waals surface area contributed by atoms with E-state index in [-0.39, 0.29) is 5.54 Å². The summed E-state index contributed by atoms with van der Waals surface area (Å²) in [5.74, 6) is 0. The highest BCUT2D eigenvalue weighted by molar-refractivity contribution is 7.00. The van der Waals surface area contributed by atoms with E-state index in [1.807, 2.05) is 24.4 Å². The maximum absolute atomic E-state index is 6.31. The van der Waals surface area contributed by atoms with Crippen molar-refractivity contribution in [3.63, 3.8) is 0 Å². The zero-order valence-electron chi connectivity index (χ0n) is 12.1. The summed E-state index contributed by atoms with van der Waals surface area (Å²) in [4.78, 5) is 0. The Morgan fingerprint density at radius 3 is 2.81 bits per heavy atom. The van der Waals surface area contributed by atoms with Gasteiger partial charge >= 0.3 is 0 Å². The molecule has 1 aromatic carbocycles. The molecule has 0 saturated carbocycles. The molecule has 3 aromatic rings. The van der Waals surface area contributed by atoms with Crippen molar-refractivity contribution in [2.75, 3.05) is 0 Å². The fourth-order valence-corrected chi connectivity index (χ4v) is 2.74. The Hall–Kier alpha value is -1.50. The van der Waals surface area contributed by atoms with Crippen LogP contribution < -0.4 is 5.32 Å². The summed E-state index contributed by atoms with van der Waals surface area (Å²) in [5.41, 5.74) is 3.42. The average Bonchev–Trinajstić information content (AvgIpc) is 3.03. The molecule has 3 rings (SSSR count). The highest BCUT2D eigenvalue weighted by Gasteiger charge is 2.14. The SMILES string of the molecule is CC(C)(C)NCc1ccn(-c2c(Cl)ccc3nsnc23)n1. The molecule has 0 aliphatic carbocycles. The monoisotopic (exact) mass is 321 g/mol. The van der Waals surface area contributed by atoms with Crippen LogP contribution in [0.5, 0.6) is 0 Å². The first kappa shape index (κ1) is 14.4. The molecule has 110 valence electrons. The van der Waals surface area contributed by atoms with Gasteiger partial charge in [-0.15, -0.1) is 0 Å². The molecule has 1 N–H and O–H groups in total. The lowest BCUT2D eigenvalue weighted by molar-refractivity contribution is 0.420. The number of hydrogen-bond acceptors (Lipinski definition) is 5. The standard InChI is InChI=1S/C14H16ClN5S/c1-14(2,3)16-8-9-6-7-20(17-9)13-10(15)4-5-11-12(13)19-21-18-11/h4-7,16H,8H2,1-3H3. The van der Waals surface area contributed by atoms with E-state index in [9.17, 15) is 0 Å². The number of fused-ring (bicyclic) bond motifs is 1. The fraction of sp³-hybridized carbons (Fsp3) is 0.357. The summed E-state index contributed by atoms with van der Waals surface area (Å²) in [6.45, 7) is 7.09. The molecule has 21 heavy (non-hydrogen) atoms. The number of hydrogen-bond donors (Lipinski definition) is 1. The van der Waals surface area contributed by atoms with Gasteiger partial charge in [0.15, 0.2) is 0 Å². The first-order chi connectivity index (χ1) is 9.94. The topological polar surface area (TPSA) is 55.6 Å². The van der Waals surface area contributed by atoms with E-state index < -0.39 is 0 Å². The van der Waals surface area contributed by atoms with Crippen molar-refractivity contribution in [2.24, 2.45) is 0 Å². The first-order valence-corrected chi connectivity index (χ1v) is 7.75. The number of benzene rings is 1. The molecule has 2 heterocycles. The summed E-state index contributed by atoms with van der Waals surface area (Å²) in [7, 11) is 0. The van der Waals surface area contributed by atoms with Crippen molar-refractivity contribution < 1.29 is 0 Å². The fourth-order valence-electron chi connectivity index (χ4n) is 1.97.